The molecular weight excluding hydrogens is 358 g/mol. The second-order valence-corrected chi connectivity index (χ2v) is 7.18. The van der Waals surface area contributed by atoms with Gasteiger partial charge in [0.15, 0.2) is 5.82 Å². The topological polar surface area (TPSA) is 62.5 Å². The van der Waals surface area contributed by atoms with Gasteiger partial charge in [0, 0.05) is 30.1 Å². The second-order valence-electron chi connectivity index (χ2n) is 6.26. The van der Waals surface area contributed by atoms with Crippen LogP contribution in [0.1, 0.15) is 12.8 Å². The van der Waals surface area contributed by atoms with Gasteiger partial charge < -0.3 is 4.90 Å². The molecule has 0 radical (unpaired) electrons. The molecule has 2 aliphatic rings. The van der Waals surface area contributed by atoms with Gasteiger partial charge >= 0.3 is 0 Å². The maximum atomic E-state index is 4.88. The molecular formula is C15H16BrN7. The Balaban J connectivity index is 1.65. The molecule has 0 amide bonds. The van der Waals surface area contributed by atoms with Crippen molar-refractivity contribution in [2.24, 2.45) is 0 Å². The van der Waals surface area contributed by atoms with E-state index >= 15 is 0 Å². The lowest BCUT2D eigenvalue weighted by molar-refractivity contribution is 0.230. The summed E-state index contributed by atoms with van der Waals surface area (Å²) in [6.45, 7) is 4.32. The number of aromatic nitrogens is 5. The average molecular weight is 374 g/mol. The summed E-state index contributed by atoms with van der Waals surface area (Å²) in [6, 6.07) is 6.66. The zero-order valence-corrected chi connectivity index (χ0v) is 14.1. The zero-order chi connectivity index (χ0) is 15.4. The van der Waals surface area contributed by atoms with Crippen LogP contribution in [0.5, 0.6) is 0 Å². The van der Waals surface area contributed by atoms with Crippen molar-refractivity contribution in [3.8, 4) is 0 Å². The molecule has 0 bridgehead atoms. The molecule has 2 fully saturated rings. The quantitative estimate of drug-likeness (QED) is 0.647. The van der Waals surface area contributed by atoms with Crippen LogP contribution in [0.2, 0.25) is 0 Å². The highest BCUT2D eigenvalue weighted by molar-refractivity contribution is 9.10. The van der Waals surface area contributed by atoms with Crippen LogP contribution < -0.4 is 4.90 Å². The Morgan fingerprint density at radius 2 is 2.13 bits per heavy atom. The van der Waals surface area contributed by atoms with Gasteiger partial charge in [0.05, 0.1) is 11.0 Å². The molecule has 3 aromatic rings. The van der Waals surface area contributed by atoms with Crippen LogP contribution in [0, 0.1) is 0 Å². The second kappa shape index (κ2) is 5.10. The van der Waals surface area contributed by atoms with Crippen molar-refractivity contribution in [3.63, 3.8) is 0 Å². The monoisotopic (exact) mass is 373 g/mol. The van der Waals surface area contributed by atoms with Crippen molar-refractivity contribution in [2.75, 3.05) is 31.1 Å². The van der Waals surface area contributed by atoms with E-state index in [1.807, 2.05) is 18.2 Å². The Kier molecular flexibility index (Phi) is 3.02. The fourth-order valence-electron chi connectivity index (χ4n) is 3.81. The van der Waals surface area contributed by atoms with Gasteiger partial charge in [0.1, 0.15) is 0 Å². The predicted octanol–water partition coefficient (Wildman–Crippen LogP) is 1.72. The van der Waals surface area contributed by atoms with Crippen molar-refractivity contribution in [1.82, 2.24) is 29.9 Å². The number of fused-ring (bicyclic) bond motifs is 4. The molecule has 0 spiro atoms. The number of tetrazole rings is 1. The summed E-state index contributed by atoms with van der Waals surface area (Å²) in [6.07, 6.45) is 2.58. The van der Waals surface area contributed by atoms with E-state index in [-0.39, 0.29) is 0 Å². The third kappa shape index (κ3) is 2.12. The molecule has 8 heteroatoms. The standard InChI is InChI=1S/C15H16BrN7/c16-10-3-4-12-13(8-10)23-15(18-19-20-23)14(17-12)22-7-6-21-5-1-2-11(21)9-22/h3-4,8,11H,1-2,5-7,9H2. The van der Waals surface area contributed by atoms with Crippen molar-refractivity contribution in [2.45, 2.75) is 18.9 Å². The van der Waals surface area contributed by atoms with Crippen molar-refractivity contribution in [3.05, 3.63) is 22.7 Å². The summed E-state index contributed by atoms with van der Waals surface area (Å²) in [5, 5.41) is 12.3. The number of benzene rings is 1. The number of nitrogens with zero attached hydrogens (tertiary/aromatic N) is 7. The normalized spacial score (nSPS) is 22.1. The van der Waals surface area contributed by atoms with Gasteiger partial charge in [-0.3, -0.25) is 4.90 Å². The van der Waals surface area contributed by atoms with Crippen molar-refractivity contribution >= 4 is 38.4 Å². The predicted molar refractivity (Wildman–Crippen MR) is 90.6 cm³/mol. The third-order valence-corrected chi connectivity index (χ3v) is 5.44. The summed E-state index contributed by atoms with van der Waals surface area (Å²) < 4.78 is 2.79. The van der Waals surface area contributed by atoms with Crippen LogP contribution in [-0.2, 0) is 0 Å². The van der Waals surface area contributed by atoms with E-state index in [2.05, 4.69) is 41.3 Å². The molecule has 4 heterocycles. The Labute approximate surface area is 141 Å². The summed E-state index contributed by atoms with van der Waals surface area (Å²) in [5.41, 5.74) is 2.57. The Morgan fingerprint density at radius 3 is 3.09 bits per heavy atom. The van der Waals surface area contributed by atoms with Crippen LogP contribution in [0.3, 0.4) is 0 Å². The van der Waals surface area contributed by atoms with Crippen LogP contribution in [0.15, 0.2) is 22.7 Å². The van der Waals surface area contributed by atoms with E-state index in [1.54, 1.807) is 4.52 Å². The molecule has 2 saturated heterocycles. The van der Waals surface area contributed by atoms with Crippen molar-refractivity contribution in [1.29, 1.82) is 0 Å². The lowest BCUT2D eigenvalue weighted by Crippen LogP contribution is -2.50. The van der Waals surface area contributed by atoms with Gasteiger partial charge in [-0.05, 0) is 48.0 Å². The summed E-state index contributed by atoms with van der Waals surface area (Å²) in [5.74, 6) is 0.899. The van der Waals surface area contributed by atoms with Gasteiger partial charge in [-0.25, -0.2) is 4.98 Å². The van der Waals surface area contributed by atoms with Gasteiger partial charge in [-0.1, -0.05) is 15.9 Å². The maximum Gasteiger partial charge on any atom is 0.222 e. The van der Waals surface area contributed by atoms with E-state index in [9.17, 15) is 0 Å². The SMILES string of the molecule is Brc1ccc2nc(N3CCN4CCCC4C3)c3nnnn3c2c1. The number of halogens is 1. The zero-order valence-electron chi connectivity index (χ0n) is 12.6. The molecule has 1 aromatic carbocycles. The Morgan fingerprint density at radius 1 is 1.17 bits per heavy atom. The van der Waals surface area contributed by atoms with E-state index in [0.29, 0.717) is 6.04 Å². The highest BCUT2D eigenvalue weighted by Gasteiger charge is 2.32. The molecule has 5 rings (SSSR count). The fourth-order valence-corrected chi connectivity index (χ4v) is 4.16. The van der Waals surface area contributed by atoms with Crippen LogP contribution in [0.25, 0.3) is 16.7 Å². The highest BCUT2D eigenvalue weighted by atomic mass is 79.9. The fraction of sp³-hybridized carbons (Fsp3) is 0.467. The van der Waals surface area contributed by atoms with Gasteiger partial charge in [0.25, 0.3) is 0 Å². The highest BCUT2D eigenvalue weighted by Crippen LogP contribution is 2.28. The molecule has 1 atom stereocenters. The first kappa shape index (κ1) is 13.6. The molecule has 1 unspecified atom stereocenters. The first-order chi connectivity index (χ1) is 11.3. The summed E-state index contributed by atoms with van der Waals surface area (Å²) >= 11 is 3.51. The van der Waals surface area contributed by atoms with E-state index in [0.717, 1.165) is 46.6 Å². The number of rotatable bonds is 1. The van der Waals surface area contributed by atoms with Crippen LogP contribution in [0.4, 0.5) is 5.82 Å². The smallest absolute Gasteiger partial charge is 0.222 e. The molecule has 0 aliphatic carbocycles. The first-order valence-electron chi connectivity index (χ1n) is 7.96. The number of hydrogen-bond acceptors (Lipinski definition) is 6. The van der Waals surface area contributed by atoms with Crippen LogP contribution in [-0.4, -0.2) is 62.1 Å². The third-order valence-electron chi connectivity index (χ3n) is 4.95. The molecule has 0 N–H and O–H groups in total. The van der Waals surface area contributed by atoms with Crippen molar-refractivity contribution < 1.29 is 0 Å². The minimum Gasteiger partial charge on any atom is -0.351 e. The lowest BCUT2D eigenvalue weighted by atomic mass is 10.1. The molecule has 2 aromatic heterocycles. The number of piperazine rings is 1. The number of anilines is 1. The Hall–Kier alpha value is -1.80. The van der Waals surface area contributed by atoms with Crippen LogP contribution >= 0.6 is 15.9 Å². The van der Waals surface area contributed by atoms with E-state index in [4.69, 9.17) is 4.98 Å². The lowest BCUT2D eigenvalue weighted by Gasteiger charge is -2.38. The Bertz CT molecular complexity index is 892. The van der Waals surface area contributed by atoms with Gasteiger partial charge in [0.2, 0.25) is 5.65 Å². The van der Waals surface area contributed by atoms with Gasteiger partial charge in [-0.15, -0.1) is 5.10 Å². The largest absolute Gasteiger partial charge is 0.351 e. The maximum absolute atomic E-state index is 4.88. The number of hydrogen-bond donors (Lipinski definition) is 0. The van der Waals surface area contributed by atoms with Gasteiger partial charge in [-0.2, -0.15) is 4.52 Å². The molecule has 7 nitrogen and oxygen atoms in total. The summed E-state index contributed by atoms with van der Waals surface area (Å²) in [7, 11) is 0. The minimum absolute atomic E-state index is 0.641. The molecule has 23 heavy (non-hydrogen) atoms. The first-order valence-corrected chi connectivity index (χ1v) is 8.75. The minimum atomic E-state index is 0.641. The van der Waals surface area contributed by atoms with E-state index in [1.165, 1.54) is 19.4 Å². The summed E-state index contributed by atoms with van der Waals surface area (Å²) in [4.78, 5) is 9.82. The van der Waals surface area contributed by atoms with E-state index < -0.39 is 0 Å². The molecule has 0 saturated carbocycles. The molecule has 2 aliphatic heterocycles. The average Bonchev–Trinajstić information content (AvgIpc) is 3.22. The molecule has 118 valence electrons.